The van der Waals surface area contributed by atoms with Crippen molar-refractivity contribution in [3.05, 3.63) is 77.5 Å². The van der Waals surface area contributed by atoms with E-state index >= 15 is 0 Å². The Morgan fingerprint density at radius 2 is 1.73 bits per heavy atom. The number of nitrogens with zero attached hydrogens (tertiary/aromatic N) is 2. The second kappa shape index (κ2) is 8.23. The lowest BCUT2D eigenvalue weighted by Crippen LogP contribution is -2.35. The number of thioether (sulfide) groups is 1. The Bertz CT molecular complexity index is 832. The van der Waals surface area contributed by atoms with Gasteiger partial charge in [0, 0.05) is 11.4 Å². The summed E-state index contributed by atoms with van der Waals surface area (Å²) in [7, 11) is 0. The second-order valence-corrected chi connectivity index (χ2v) is 6.59. The fourth-order valence-electron chi connectivity index (χ4n) is 3.06. The molecule has 3 rings (SSSR count). The summed E-state index contributed by atoms with van der Waals surface area (Å²) in [6, 6.07) is 19.5. The van der Waals surface area contributed by atoms with E-state index in [1.165, 1.54) is 0 Å². The number of rotatable bonds is 4. The summed E-state index contributed by atoms with van der Waals surface area (Å²) < 4.78 is 5.36. The topological polar surface area (TPSA) is 41.9 Å². The van der Waals surface area contributed by atoms with Crippen molar-refractivity contribution < 1.29 is 9.53 Å². The zero-order valence-corrected chi connectivity index (χ0v) is 16.0. The van der Waals surface area contributed by atoms with Gasteiger partial charge in [0.05, 0.1) is 12.2 Å². The average molecular weight is 366 g/mol. The minimum atomic E-state index is -0.363. The molecule has 1 aliphatic rings. The van der Waals surface area contributed by atoms with Crippen molar-refractivity contribution in [2.75, 3.05) is 17.8 Å². The van der Waals surface area contributed by atoms with Crippen LogP contribution in [0, 0.1) is 0 Å². The summed E-state index contributed by atoms with van der Waals surface area (Å²) in [6.07, 6.45) is 2.00. The van der Waals surface area contributed by atoms with Crippen molar-refractivity contribution in [2.45, 2.75) is 19.9 Å². The van der Waals surface area contributed by atoms with Crippen LogP contribution in [0.4, 0.5) is 5.69 Å². The fourth-order valence-corrected chi connectivity index (χ4v) is 3.70. The molecule has 5 heteroatoms. The molecule has 0 fully saturated rings. The number of carbonyl (C=O) groups excluding carboxylic acids is 1. The Balaban J connectivity index is 2.16. The number of allylic oxidation sites excluding steroid dienone is 1. The lowest BCUT2D eigenvalue weighted by atomic mass is 9.96. The first kappa shape index (κ1) is 18.3. The van der Waals surface area contributed by atoms with Gasteiger partial charge in [-0.2, -0.15) is 0 Å². The van der Waals surface area contributed by atoms with Gasteiger partial charge in [-0.15, -0.1) is 0 Å². The quantitative estimate of drug-likeness (QED) is 0.729. The second-order valence-electron chi connectivity index (χ2n) is 5.82. The van der Waals surface area contributed by atoms with Crippen LogP contribution in [0.5, 0.6) is 0 Å². The molecule has 26 heavy (non-hydrogen) atoms. The van der Waals surface area contributed by atoms with E-state index in [1.807, 2.05) is 85.7 Å². The number of para-hydroxylation sites is 1. The Morgan fingerprint density at radius 3 is 2.31 bits per heavy atom. The van der Waals surface area contributed by atoms with E-state index in [2.05, 4.69) is 0 Å². The molecule has 134 valence electrons. The van der Waals surface area contributed by atoms with Crippen LogP contribution < -0.4 is 4.90 Å². The number of ether oxygens (including phenoxy) is 1. The predicted molar refractivity (Wildman–Crippen MR) is 108 cm³/mol. The van der Waals surface area contributed by atoms with E-state index in [0.717, 1.165) is 22.1 Å². The highest BCUT2D eigenvalue weighted by molar-refractivity contribution is 8.13. The van der Waals surface area contributed by atoms with Crippen LogP contribution in [0.15, 0.2) is 76.9 Å². The predicted octanol–water partition coefficient (Wildman–Crippen LogP) is 4.80. The number of hydrogen-bond donors (Lipinski definition) is 0. The van der Waals surface area contributed by atoms with E-state index in [0.29, 0.717) is 12.2 Å². The maximum Gasteiger partial charge on any atom is 0.338 e. The van der Waals surface area contributed by atoms with Gasteiger partial charge < -0.3 is 4.74 Å². The normalized spacial score (nSPS) is 17.1. The number of amidine groups is 1. The van der Waals surface area contributed by atoms with Gasteiger partial charge in [0.2, 0.25) is 0 Å². The number of esters is 1. The summed E-state index contributed by atoms with van der Waals surface area (Å²) in [4.78, 5) is 19.7. The number of benzene rings is 2. The molecule has 0 aromatic heterocycles. The van der Waals surface area contributed by atoms with Crippen molar-refractivity contribution in [3.63, 3.8) is 0 Å². The molecule has 0 saturated carbocycles. The first-order chi connectivity index (χ1) is 12.7. The summed E-state index contributed by atoms with van der Waals surface area (Å²) in [5.74, 6) is -0.316. The van der Waals surface area contributed by atoms with Gasteiger partial charge in [0.25, 0.3) is 0 Å². The van der Waals surface area contributed by atoms with Crippen LogP contribution in [0.2, 0.25) is 0 Å². The molecule has 0 radical (unpaired) electrons. The molecule has 1 heterocycles. The smallest absolute Gasteiger partial charge is 0.338 e. The Kier molecular flexibility index (Phi) is 5.78. The molecule has 2 aromatic rings. The minimum Gasteiger partial charge on any atom is -0.463 e. The van der Waals surface area contributed by atoms with E-state index in [-0.39, 0.29) is 12.0 Å². The Morgan fingerprint density at radius 1 is 1.12 bits per heavy atom. The maximum atomic E-state index is 12.8. The van der Waals surface area contributed by atoms with Crippen molar-refractivity contribution in [2.24, 2.45) is 4.99 Å². The summed E-state index contributed by atoms with van der Waals surface area (Å²) in [5, 5.41) is 0.857. The van der Waals surface area contributed by atoms with Crippen LogP contribution in [-0.2, 0) is 9.53 Å². The highest BCUT2D eigenvalue weighted by Crippen LogP contribution is 2.38. The Hall–Kier alpha value is -2.53. The van der Waals surface area contributed by atoms with E-state index in [9.17, 15) is 4.79 Å². The van der Waals surface area contributed by atoms with Crippen molar-refractivity contribution >= 4 is 28.6 Å². The van der Waals surface area contributed by atoms with Gasteiger partial charge >= 0.3 is 5.97 Å². The summed E-state index contributed by atoms with van der Waals surface area (Å²) >= 11 is 1.57. The fraction of sp³-hybridized carbons (Fsp3) is 0.238. The molecule has 0 bridgehead atoms. The van der Waals surface area contributed by atoms with Crippen molar-refractivity contribution in [1.29, 1.82) is 0 Å². The van der Waals surface area contributed by atoms with Crippen LogP contribution in [-0.4, -0.2) is 24.0 Å². The highest BCUT2D eigenvalue weighted by atomic mass is 32.2. The number of hydrogen-bond acceptors (Lipinski definition) is 5. The molecule has 2 aromatic carbocycles. The summed E-state index contributed by atoms with van der Waals surface area (Å²) in [5.41, 5.74) is 3.39. The van der Waals surface area contributed by atoms with Gasteiger partial charge in [0.1, 0.15) is 6.04 Å². The lowest BCUT2D eigenvalue weighted by Gasteiger charge is -2.34. The number of anilines is 1. The van der Waals surface area contributed by atoms with Crippen molar-refractivity contribution in [3.8, 4) is 0 Å². The van der Waals surface area contributed by atoms with Gasteiger partial charge in [-0.3, -0.25) is 4.90 Å². The molecular formula is C21H22N2O2S. The van der Waals surface area contributed by atoms with E-state index in [4.69, 9.17) is 9.73 Å². The maximum absolute atomic E-state index is 12.8. The van der Waals surface area contributed by atoms with Crippen LogP contribution >= 0.6 is 11.8 Å². The largest absolute Gasteiger partial charge is 0.463 e. The number of aliphatic imine (C=N–C) groups is 1. The SMILES string of the molecule is CCOC(=O)C1=C(C)N(c2ccccc2)C(SC)=N[C@@H]1c1ccccc1. The lowest BCUT2D eigenvalue weighted by molar-refractivity contribution is -0.138. The molecule has 4 nitrogen and oxygen atoms in total. The molecule has 1 aliphatic heterocycles. The van der Waals surface area contributed by atoms with Crippen molar-refractivity contribution in [1.82, 2.24) is 0 Å². The highest BCUT2D eigenvalue weighted by Gasteiger charge is 2.34. The van der Waals surface area contributed by atoms with E-state index < -0.39 is 0 Å². The molecule has 0 spiro atoms. The van der Waals surface area contributed by atoms with Gasteiger partial charge in [0.15, 0.2) is 5.17 Å². The Labute approximate surface area is 158 Å². The monoisotopic (exact) mass is 366 g/mol. The van der Waals surface area contributed by atoms with Gasteiger partial charge in [-0.05, 0) is 37.8 Å². The van der Waals surface area contributed by atoms with Crippen LogP contribution in [0.25, 0.3) is 0 Å². The van der Waals surface area contributed by atoms with Gasteiger partial charge in [-0.25, -0.2) is 9.79 Å². The molecule has 0 amide bonds. The average Bonchev–Trinajstić information content (AvgIpc) is 2.68. The first-order valence-corrected chi connectivity index (χ1v) is 9.79. The third-order valence-electron chi connectivity index (χ3n) is 4.24. The molecular weight excluding hydrogens is 344 g/mol. The first-order valence-electron chi connectivity index (χ1n) is 8.57. The van der Waals surface area contributed by atoms with Crippen LogP contribution in [0.3, 0.4) is 0 Å². The molecule has 0 unspecified atom stereocenters. The van der Waals surface area contributed by atoms with Crippen LogP contribution in [0.1, 0.15) is 25.5 Å². The molecule has 0 aliphatic carbocycles. The zero-order chi connectivity index (χ0) is 18.5. The standard InChI is InChI=1S/C21H22N2O2S/c1-4-25-20(24)18-15(2)23(17-13-9-6-10-14-17)21(26-3)22-19(18)16-11-7-5-8-12-16/h5-14,19H,4H2,1-3H3/t19-/m1/s1. The third-order valence-corrected chi connectivity index (χ3v) is 4.89. The number of carbonyl (C=O) groups is 1. The molecule has 0 saturated heterocycles. The molecule has 0 N–H and O–H groups in total. The summed E-state index contributed by atoms with van der Waals surface area (Å²) in [6.45, 7) is 4.11. The van der Waals surface area contributed by atoms with Gasteiger partial charge in [-0.1, -0.05) is 60.3 Å². The van der Waals surface area contributed by atoms with E-state index in [1.54, 1.807) is 11.8 Å². The molecule has 1 atom stereocenters. The third kappa shape index (κ3) is 3.53. The minimum absolute atomic E-state index is 0.316. The zero-order valence-electron chi connectivity index (χ0n) is 15.2.